The molecule has 0 saturated heterocycles. The molecule has 0 bridgehead atoms. The van der Waals surface area contributed by atoms with Gasteiger partial charge >= 0.3 is 0 Å². The maximum absolute atomic E-state index is 13.5. The molecule has 36 heavy (non-hydrogen) atoms. The molecule has 10 heteroatoms. The highest BCUT2D eigenvalue weighted by Crippen LogP contribution is 2.26. The molecule has 3 aromatic carbocycles. The van der Waals surface area contributed by atoms with Gasteiger partial charge in [-0.3, -0.25) is 13.9 Å². The van der Waals surface area contributed by atoms with E-state index in [4.69, 9.17) is 9.47 Å². The molecule has 3 rings (SSSR count). The summed E-state index contributed by atoms with van der Waals surface area (Å²) in [6, 6.07) is 20.8. The van der Waals surface area contributed by atoms with Crippen LogP contribution in [0.25, 0.3) is 0 Å². The summed E-state index contributed by atoms with van der Waals surface area (Å²) in [6.07, 6.45) is 0. The maximum atomic E-state index is 13.5. The predicted octanol–water partition coefficient (Wildman–Crippen LogP) is 3.30. The molecule has 190 valence electrons. The lowest BCUT2D eigenvalue weighted by Crippen LogP contribution is -2.38. The molecule has 0 aromatic heterocycles. The third kappa shape index (κ3) is 6.83. The number of sulfonamides is 1. The van der Waals surface area contributed by atoms with Crippen molar-refractivity contribution in [2.24, 2.45) is 0 Å². The van der Waals surface area contributed by atoms with Gasteiger partial charge in [-0.2, -0.15) is 0 Å². The second-order valence-electron chi connectivity index (χ2n) is 7.59. The first-order valence-corrected chi connectivity index (χ1v) is 12.8. The molecule has 0 aliphatic carbocycles. The molecule has 0 fully saturated rings. The van der Waals surface area contributed by atoms with E-state index < -0.39 is 22.5 Å². The SMILES string of the molecule is CCOc1ccc(N(CC(=O)Nc2ccccc2C(=O)NCCOC)S(=O)(=O)c2ccccc2)cc1. The Hall–Kier alpha value is -3.89. The van der Waals surface area contributed by atoms with Crippen molar-refractivity contribution in [2.75, 3.05) is 43.0 Å². The summed E-state index contributed by atoms with van der Waals surface area (Å²) in [4.78, 5) is 25.7. The van der Waals surface area contributed by atoms with E-state index in [0.717, 1.165) is 4.31 Å². The topological polar surface area (TPSA) is 114 Å². The van der Waals surface area contributed by atoms with Gasteiger partial charge in [-0.05, 0) is 55.5 Å². The Morgan fingerprint density at radius 3 is 2.25 bits per heavy atom. The lowest BCUT2D eigenvalue weighted by Gasteiger charge is -2.24. The molecular formula is C26H29N3O6S. The van der Waals surface area contributed by atoms with E-state index in [1.807, 2.05) is 6.92 Å². The number of nitrogens with zero attached hydrogens (tertiary/aromatic N) is 1. The van der Waals surface area contributed by atoms with E-state index in [0.29, 0.717) is 31.2 Å². The second kappa shape index (κ2) is 12.7. The Balaban J connectivity index is 1.87. The fourth-order valence-corrected chi connectivity index (χ4v) is 4.82. The quantitative estimate of drug-likeness (QED) is 0.361. The van der Waals surface area contributed by atoms with Gasteiger partial charge in [0.2, 0.25) is 5.91 Å². The van der Waals surface area contributed by atoms with Crippen LogP contribution in [0.5, 0.6) is 5.75 Å². The van der Waals surface area contributed by atoms with E-state index in [1.54, 1.807) is 66.7 Å². The Kier molecular flexibility index (Phi) is 9.43. The number of benzene rings is 3. The first-order valence-electron chi connectivity index (χ1n) is 11.3. The highest BCUT2D eigenvalue weighted by molar-refractivity contribution is 7.92. The Morgan fingerprint density at radius 2 is 1.58 bits per heavy atom. The number of carbonyl (C=O) groups is 2. The number of carbonyl (C=O) groups excluding carboxylic acids is 2. The predicted molar refractivity (Wildman–Crippen MR) is 138 cm³/mol. The zero-order valence-corrected chi connectivity index (χ0v) is 21.0. The molecule has 0 atom stereocenters. The molecule has 0 aliphatic heterocycles. The monoisotopic (exact) mass is 511 g/mol. The zero-order valence-electron chi connectivity index (χ0n) is 20.1. The summed E-state index contributed by atoms with van der Waals surface area (Å²) >= 11 is 0. The summed E-state index contributed by atoms with van der Waals surface area (Å²) in [5.41, 5.74) is 0.810. The van der Waals surface area contributed by atoms with Gasteiger partial charge in [0.05, 0.1) is 35.0 Å². The van der Waals surface area contributed by atoms with Crippen molar-refractivity contribution in [2.45, 2.75) is 11.8 Å². The molecule has 0 aliphatic rings. The second-order valence-corrected chi connectivity index (χ2v) is 9.46. The van der Waals surface area contributed by atoms with Crippen LogP contribution >= 0.6 is 0 Å². The molecule has 2 N–H and O–H groups in total. The normalized spacial score (nSPS) is 10.9. The zero-order chi connectivity index (χ0) is 26.0. The van der Waals surface area contributed by atoms with Gasteiger partial charge in [0, 0.05) is 13.7 Å². The van der Waals surface area contributed by atoms with Crippen LogP contribution in [-0.4, -0.2) is 53.6 Å². The molecule has 0 radical (unpaired) electrons. The Bertz CT molecular complexity index is 1260. The summed E-state index contributed by atoms with van der Waals surface area (Å²) in [6.45, 7) is 2.45. The van der Waals surface area contributed by atoms with Gasteiger partial charge in [-0.1, -0.05) is 30.3 Å². The number of para-hydroxylation sites is 1. The van der Waals surface area contributed by atoms with Crippen LogP contribution in [0.2, 0.25) is 0 Å². The lowest BCUT2D eigenvalue weighted by molar-refractivity contribution is -0.114. The molecule has 3 aromatic rings. The molecule has 0 spiro atoms. The number of anilines is 2. The van der Waals surface area contributed by atoms with Crippen LogP contribution in [0.4, 0.5) is 11.4 Å². The minimum absolute atomic E-state index is 0.0459. The van der Waals surface area contributed by atoms with E-state index >= 15 is 0 Å². The number of hydrogen-bond acceptors (Lipinski definition) is 6. The number of nitrogens with one attached hydrogen (secondary N) is 2. The Morgan fingerprint density at radius 1 is 0.917 bits per heavy atom. The molecule has 9 nitrogen and oxygen atoms in total. The number of hydrogen-bond donors (Lipinski definition) is 2. The van der Waals surface area contributed by atoms with E-state index in [9.17, 15) is 18.0 Å². The highest BCUT2D eigenvalue weighted by atomic mass is 32.2. The van der Waals surface area contributed by atoms with Gasteiger partial charge in [0.15, 0.2) is 0 Å². The highest BCUT2D eigenvalue weighted by Gasteiger charge is 2.27. The minimum Gasteiger partial charge on any atom is -0.494 e. The first kappa shape index (κ1) is 26.7. The number of amides is 2. The standard InChI is InChI=1S/C26H29N3O6S/c1-3-35-21-15-13-20(14-16-21)29(36(32,33)22-9-5-4-6-10-22)19-25(30)28-24-12-8-7-11-23(24)26(31)27-17-18-34-2/h4-16H,3,17-19H2,1-2H3,(H,27,31)(H,28,30). The van der Waals surface area contributed by atoms with E-state index in [-0.39, 0.29) is 22.1 Å². The molecule has 0 saturated carbocycles. The average Bonchev–Trinajstić information content (AvgIpc) is 2.89. The van der Waals surface area contributed by atoms with Gasteiger partial charge in [-0.15, -0.1) is 0 Å². The third-order valence-corrected chi connectivity index (χ3v) is 6.88. The Labute approximate surface area is 211 Å². The first-order chi connectivity index (χ1) is 17.4. The van der Waals surface area contributed by atoms with Crippen LogP contribution in [0.3, 0.4) is 0 Å². The number of rotatable bonds is 12. The van der Waals surface area contributed by atoms with Crippen LogP contribution < -0.4 is 19.7 Å². The van der Waals surface area contributed by atoms with Crippen molar-refractivity contribution >= 4 is 33.2 Å². The van der Waals surface area contributed by atoms with Crippen LogP contribution in [0.15, 0.2) is 83.8 Å². The van der Waals surface area contributed by atoms with Crippen molar-refractivity contribution in [3.8, 4) is 5.75 Å². The molecular weight excluding hydrogens is 482 g/mol. The molecule has 2 amide bonds. The van der Waals surface area contributed by atoms with Crippen molar-refractivity contribution in [1.82, 2.24) is 5.32 Å². The van der Waals surface area contributed by atoms with Gasteiger partial charge in [-0.25, -0.2) is 8.42 Å². The van der Waals surface area contributed by atoms with Crippen molar-refractivity contribution < 1.29 is 27.5 Å². The van der Waals surface area contributed by atoms with E-state index in [1.165, 1.54) is 19.2 Å². The van der Waals surface area contributed by atoms with Gasteiger partial charge in [0.1, 0.15) is 12.3 Å². The summed E-state index contributed by atoms with van der Waals surface area (Å²) in [5, 5.41) is 5.38. The summed E-state index contributed by atoms with van der Waals surface area (Å²) in [7, 11) is -2.54. The number of ether oxygens (including phenoxy) is 2. The smallest absolute Gasteiger partial charge is 0.264 e. The number of methoxy groups -OCH3 is 1. The summed E-state index contributed by atoms with van der Waals surface area (Å²) < 4.78 is 38.4. The van der Waals surface area contributed by atoms with Crippen molar-refractivity contribution in [1.29, 1.82) is 0 Å². The van der Waals surface area contributed by atoms with Gasteiger partial charge in [0.25, 0.3) is 15.9 Å². The maximum Gasteiger partial charge on any atom is 0.264 e. The summed E-state index contributed by atoms with van der Waals surface area (Å²) in [5.74, 6) is -0.417. The molecule has 0 unspecified atom stereocenters. The molecule has 0 heterocycles. The van der Waals surface area contributed by atoms with Gasteiger partial charge < -0.3 is 20.1 Å². The average molecular weight is 512 g/mol. The minimum atomic E-state index is -4.07. The fraction of sp³-hybridized carbons (Fsp3) is 0.231. The van der Waals surface area contributed by atoms with Crippen molar-refractivity contribution in [3.05, 3.63) is 84.4 Å². The van der Waals surface area contributed by atoms with Crippen LogP contribution in [0, 0.1) is 0 Å². The van der Waals surface area contributed by atoms with Crippen LogP contribution in [-0.2, 0) is 19.6 Å². The van der Waals surface area contributed by atoms with Crippen molar-refractivity contribution in [3.63, 3.8) is 0 Å². The van der Waals surface area contributed by atoms with E-state index in [2.05, 4.69) is 10.6 Å². The fourth-order valence-electron chi connectivity index (χ4n) is 3.38. The largest absolute Gasteiger partial charge is 0.494 e. The lowest BCUT2D eigenvalue weighted by atomic mass is 10.1. The van der Waals surface area contributed by atoms with Crippen LogP contribution in [0.1, 0.15) is 17.3 Å². The third-order valence-electron chi connectivity index (χ3n) is 5.09.